The van der Waals surface area contributed by atoms with Crippen LogP contribution in [0.15, 0.2) is 11.6 Å². The molecule has 0 radical (unpaired) electrons. The van der Waals surface area contributed by atoms with Crippen LogP contribution in [-0.2, 0) is 9.53 Å². The molecule has 0 aromatic heterocycles. The van der Waals surface area contributed by atoms with Crippen molar-refractivity contribution in [3.63, 3.8) is 0 Å². The van der Waals surface area contributed by atoms with E-state index in [1.165, 1.54) is 12.5 Å². The topological polar surface area (TPSA) is 107 Å². The minimum atomic E-state index is -0.812. The molecule has 4 fully saturated rings. The third-order valence-electron chi connectivity index (χ3n) is 13.4. The third kappa shape index (κ3) is 3.48. The Labute approximate surface area is 229 Å². The zero-order valence-electron chi connectivity index (χ0n) is 24.8. The molecule has 0 aromatic carbocycles. The molecular formula is C32H52O6. The first kappa shape index (κ1) is 28.6. The van der Waals surface area contributed by atoms with Gasteiger partial charge in [0, 0.05) is 24.2 Å². The summed E-state index contributed by atoms with van der Waals surface area (Å²) in [6.45, 7) is 17.2. The Bertz CT molecular complexity index is 1000. The molecule has 5 aliphatic rings. The van der Waals surface area contributed by atoms with Gasteiger partial charge in [0.25, 0.3) is 0 Å². The number of fused-ring (bicyclic) bond motifs is 7. The number of hydrogen-bond donors (Lipinski definition) is 4. The van der Waals surface area contributed by atoms with Gasteiger partial charge in [-0.15, -0.1) is 0 Å². The minimum Gasteiger partial charge on any atom is -0.465 e. The number of hydrogen-bond acceptors (Lipinski definition) is 6. The second-order valence-electron chi connectivity index (χ2n) is 15.6. The van der Waals surface area contributed by atoms with Crippen molar-refractivity contribution in [2.24, 2.45) is 56.7 Å². The molecule has 12 atom stereocenters. The Morgan fingerprint density at radius 1 is 0.974 bits per heavy atom. The standard InChI is InChI=1S/C32H52O6/c1-17(2)20-13-22(35)26-31(8)10-9-19-25(30(31,7)11-12-32(20,26)16-38-18(3)33)21(34)14-24-28(4,5)27(37)23(36)15-29(19,24)6/h9,17,20-27,34-37H,10-16H2,1-8H3/t20-,21-,22?,23+,24?,25?,26?,27-,29+,30-,31+,32+/m0/s1. The SMILES string of the molecule is CC(=O)OC[C@@]12CC[C@@]3(C)C4C(=CC[C@]3(C)C1C(O)C[C@H]2C(C)C)[C@@]1(C)C[C@@H](O)[C@H](O)C(C)(C)C1C[C@@H]4O. The highest BCUT2D eigenvalue weighted by Crippen LogP contribution is 2.76. The van der Waals surface area contributed by atoms with Crippen molar-refractivity contribution >= 4 is 5.97 Å². The number of aliphatic hydroxyl groups excluding tert-OH is 4. The monoisotopic (exact) mass is 532 g/mol. The molecule has 0 saturated heterocycles. The summed E-state index contributed by atoms with van der Waals surface area (Å²) in [6, 6.07) is 0. The first-order valence-electron chi connectivity index (χ1n) is 15.0. The summed E-state index contributed by atoms with van der Waals surface area (Å²) in [5.41, 5.74) is -0.392. The second kappa shape index (κ2) is 8.77. The van der Waals surface area contributed by atoms with Gasteiger partial charge in [0.2, 0.25) is 0 Å². The highest BCUT2D eigenvalue weighted by Gasteiger charge is 2.73. The van der Waals surface area contributed by atoms with Gasteiger partial charge in [-0.25, -0.2) is 0 Å². The van der Waals surface area contributed by atoms with E-state index in [1.54, 1.807) is 0 Å². The Kier molecular flexibility index (Phi) is 6.60. The molecule has 0 amide bonds. The lowest BCUT2D eigenvalue weighted by molar-refractivity contribution is -0.223. The zero-order chi connectivity index (χ0) is 28.2. The summed E-state index contributed by atoms with van der Waals surface area (Å²) >= 11 is 0. The van der Waals surface area contributed by atoms with E-state index in [2.05, 4.69) is 40.7 Å². The lowest BCUT2D eigenvalue weighted by atomic mass is 9.35. The van der Waals surface area contributed by atoms with Crippen molar-refractivity contribution in [3.8, 4) is 0 Å². The maximum Gasteiger partial charge on any atom is 0.302 e. The highest BCUT2D eigenvalue weighted by molar-refractivity contribution is 5.66. The van der Waals surface area contributed by atoms with E-state index in [1.807, 2.05) is 13.8 Å². The molecule has 0 spiro atoms. The van der Waals surface area contributed by atoms with Crippen molar-refractivity contribution in [3.05, 3.63) is 11.6 Å². The van der Waals surface area contributed by atoms with Crippen LogP contribution in [0.2, 0.25) is 0 Å². The quantitative estimate of drug-likeness (QED) is 0.315. The van der Waals surface area contributed by atoms with Gasteiger partial charge in [-0.1, -0.05) is 60.1 Å². The smallest absolute Gasteiger partial charge is 0.302 e. The molecule has 4 unspecified atom stereocenters. The molecule has 6 nitrogen and oxygen atoms in total. The number of rotatable bonds is 3. The maximum atomic E-state index is 12.0. The fourth-order valence-corrected chi connectivity index (χ4v) is 11.6. The zero-order valence-corrected chi connectivity index (χ0v) is 24.8. The van der Waals surface area contributed by atoms with Crippen molar-refractivity contribution in [2.45, 2.75) is 118 Å². The Morgan fingerprint density at radius 3 is 2.24 bits per heavy atom. The van der Waals surface area contributed by atoms with Crippen LogP contribution in [0, 0.1) is 56.7 Å². The predicted octanol–water partition coefficient (Wildman–Crippen LogP) is 4.48. The summed E-state index contributed by atoms with van der Waals surface area (Å²) in [5.74, 6) is 0.318. The van der Waals surface area contributed by atoms with Gasteiger partial charge < -0.3 is 25.2 Å². The Morgan fingerprint density at radius 2 is 1.63 bits per heavy atom. The third-order valence-corrected chi connectivity index (χ3v) is 13.4. The number of carbonyl (C=O) groups is 1. The van der Waals surface area contributed by atoms with Crippen LogP contribution in [0.4, 0.5) is 0 Å². The van der Waals surface area contributed by atoms with Crippen LogP contribution < -0.4 is 0 Å². The van der Waals surface area contributed by atoms with Gasteiger partial charge in [-0.2, -0.15) is 0 Å². The van der Waals surface area contributed by atoms with Gasteiger partial charge in [0.05, 0.1) is 31.0 Å². The van der Waals surface area contributed by atoms with E-state index in [4.69, 9.17) is 4.74 Å². The molecule has 0 heterocycles. The predicted molar refractivity (Wildman–Crippen MR) is 146 cm³/mol. The molecule has 0 aromatic rings. The van der Waals surface area contributed by atoms with E-state index in [0.717, 1.165) is 25.7 Å². The van der Waals surface area contributed by atoms with Crippen LogP contribution >= 0.6 is 0 Å². The first-order valence-corrected chi connectivity index (χ1v) is 15.0. The second-order valence-corrected chi connectivity index (χ2v) is 15.6. The summed E-state index contributed by atoms with van der Waals surface area (Å²) < 4.78 is 5.77. The van der Waals surface area contributed by atoms with Crippen molar-refractivity contribution < 1.29 is 30.0 Å². The molecular weight excluding hydrogens is 480 g/mol. The Balaban J connectivity index is 1.62. The minimum absolute atomic E-state index is 0.0359. The lowest BCUT2D eigenvalue weighted by Crippen LogP contribution is -2.68. The molecule has 4 saturated carbocycles. The van der Waals surface area contributed by atoms with Crippen LogP contribution in [0.3, 0.4) is 0 Å². The van der Waals surface area contributed by atoms with E-state index in [0.29, 0.717) is 25.4 Å². The molecule has 5 aliphatic carbocycles. The maximum absolute atomic E-state index is 12.0. The van der Waals surface area contributed by atoms with E-state index >= 15 is 0 Å². The summed E-state index contributed by atoms with van der Waals surface area (Å²) in [5, 5.41) is 45.6. The van der Waals surface area contributed by atoms with E-state index in [-0.39, 0.29) is 51.3 Å². The fourth-order valence-electron chi connectivity index (χ4n) is 11.6. The molecule has 38 heavy (non-hydrogen) atoms. The highest BCUT2D eigenvalue weighted by atomic mass is 16.5. The molecule has 4 N–H and O–H groups in total. The van der Waals surface area contributed by atoms with Gasteiger partial charge in [-0.3, -0.25) is 4.79 Å². The van der Waals surface area contributed by atoms with Gasteiger partial charge in [-0.05, 0) is 77.9 Å². The summed E-state index contributed by atoms with van der Waals surface area (Å²) in [6.07, 6.45) is 4.07. The molecule has 0 aliphatic heterocycles. The average molecular weight is 533 g/mol. The first-order chi connectivity index (χ1) is 17.5. The number of aliphatic hydroxyl groups is 4. The van der Waals surface area contributed by atoms with Crippen molar-refractivity contribution in [2.75, 3.05) is 6.61 Å². The summed E-state index contributed by atoms with van der Waals surface area (Å²) in [4.78, 5) is 12.0. The van der Waals surface area contributed by atoms with E-state index in [9.17, 15) is 25.2 Å². The largest absolute Gasteiger partial charge is 0.465 e. The van der Waals surface area contributed by atoms with Crippen molar-refractivity contribution in [1.29, 1.82) is 0 Å². The normalized spacial score (nSPS) is 53.3. The van der Waals surface area contributed by atoms with Gasteiger partial charge >= 0.3 is 5.97 Å². The van der Waals surface area contributed by atoms with E-state index < -0.39 is 29.8 Å². The van der Waals surface area contributed by atoms with Crippen molar-refractivity contribution in [1.82, 2.24) is 0 Å². The van der Waals surface area contributed by atoms with Crippen LogP contribution in [0.25, 0.3) is 0 Å². The summed E-state index contributed by atoms with van der Waals surface area (Å²) in [7, 11) is 0. The molecule has 0 bridgehead atoms. The van der Waals surface area contributed by atoms with Crippen LogP contribution in [0.1, 0.15) is 93.9 Å². The number of ether oxygens (including phenoxy) is 1. The molecule has 5 rings (SSSR count). The van der Waals surface area contributed by atoms with Gasteiger partial charge in [0.15, 0.2) is 0 Å². The average Bonchev–Trinajstić information content (AvgIpc) is 3.12. The lowest BCUT2D eigenvalue weighted by Gasteiger charge is -2.70. The number of carbonyl (C=O) groups excluding carboxylic acids is 1. The number of allylic oxidation sites excluding steroid dienone is 1. The van der Waals surface area contributed by atoms with Crippen LogP contribution in [-0.4, -0.2) is 57.4 Å². The van der Waals surface area contributed by atoms with Gasteiger partial charge in [0.1, 0.15) is 0 Å². The fraction of sp³-hybridized carbons (Fsp3) is 0.906. The Hall–Kier alpha value is -0.950. The van der Waals surface area contributed by atoms with Crippen LogP contribution in [0.5, 0.6) is 0 Å². The molecule has 6 heteroatoms. The molecule has 216 valence electrons. The number of esters is 1.